The van der Waals surface area contributed by atoms with Crippen LogP contribution in [0.25, 0.3) is 22.3 Å². The third-order valence-electron chi connectivity index (χ3n) is 3.67. The van der Waals surface area contributed by atoms with Gasteiger partial charge in [-0.25, -0.2) is 0 Å². The van der Waals surface area contributed by atoms with Crippen LogP contribution in [0.5, 0.6) is 0 Å². The summed E-state index contributed by atoms with van der Waals surface area (Å²) in [5.74, 6) is 0.626. The Bertz CT molecular complexity index is 839. The minimum Gasteiger partial charge on any atom is -0.456 e. The molecular weight excluding hydrogens is 276 g/mol. The Kier molecular flexibility index (Phi) is 3.30. The van der Waals surface area contributed by atoms with Crippen molar-refractivity contribution in [2.24, 2.45) is 0 Å². The van der Waals surface area contributed by atoms with Crippen molar-refractivity contribution in [1.82, 2.24) is 0 Å². The molecule has 0 spiro atoms. The third kappa shape index (κ3) is 2.69. The van der Waals surface area contributed by atoms with Gasteiger partial charge < -0.3 is 4.42 Å². The molecule has 0 saturated carbocycles. The van der Waals surface area contributed by atoms with E-state index in [1.54, 1.807) is 12.1 Å². The van der Waals surface area contributed by atoms with Gasteiger partial charge in [0, 0.05) is 11.6 Å². The number of hydrogen-bond donors (Lipinski definition) is 0. The average Bonchev–Trinajstić information content (AvgIpc) is 2.46. The zero-order chi connectivity index (χ0) is 15.0. The van der Waals surface area contributed by atoms with E-state index in [0.29, 0.717) is 16.7 Å². The van der Waals surface area contributed by atoms with Crippen LogP contribution in [-0.2, 0) is 0 Å². The van der Waals surface area contributed by atoms with Gasteiger partial charge >= 0.3 is 0 Å². The Morgan fingerprint density at radius 1 is 0.905 bits per heavy atom. The van der Waals surface area contributed by atoms with Crippen molar-refractivity contribution in [1.29, 1.82) is 0 Å². The minimum atomic E-state index is -1.30. The van der Waals surface area contributed by atoms with E-state index < -0.39 is 8.07 Å². The zero-order valence-electron chi connectivity index (χ0n) is 12.5. The molecule has 2 nitrogen and oxygen atoms in total. The fraction of sp³-hybridized carbons (Fsp3) is 0.167. The van der Waals surface area contributed by atoms with Gasteiger partial charge in [0.15, 0.2) is 5.43 Å². The van der Waals surface area contributed by atoms with Crippen LogP contribution < -0.4 is 10.6 Å². The van der Waals surface area contributed by atoms with Crippen LogP contribution >= 0.6 is 0 Å². The first-order valence-electron chi connectivity index (χ1n) is 7.09. The quantitative estimate of drug-likeness (QED) is 0.669. The molecule has 106 valence electrons. The van der Waals surface area contributed by atoms with Crippen LogP contribution in [0.4, 0.5) is 0 Å². The molecule has 0 aliphatic heterocycles. The highest BCUT2D eigenvalue weighted by molar-refractivity contribution is 6.88. The number of benzene rings is 2. The molecule has 0 aliphatic carbocycles. The number of para-hydroxylation sites is 1. The maximum Gasteiger partial charge on any atom is 0.193 e. The first-order chi connectivity index (χ1) is 9.95. The fourth-order valence-electron chi connectivity index (χ4n) is 2.38. The normalized spacial score (nSPS) is 11.8. The minimum absolute atomic E-state index is 0.00104. The molecule has 0 N–H and O–H groups in total. The van der Waals surface area contributed by atoms with Gasteiger partial charge in [0.25, 0.3) is 0 Å². The Hall–Kier alpha value is -2.13. The van der Waals surface area contributed by atoms with E-state index in [0.717, 1.165) is 5.56 Å². The number of fused-ring (bicyclic) bond motifs is 1. The Morgan fingerprint density at radius 2 is 1.57 bits per heavy atom. The molecule has 1 heterocycles. The second-order valence-corrected chi connectivity index (χ2v) is 11.4. The van der Waals surface area contributed by atoms with Gasteiger partial charge in [0.2, 0.25) is 0 Å². The molecule has 0 fully saturated rings. The smallest absolute Gasteiger partial charge is 0.193 e. The monoisotopic (exact) mass is 294 g/mol. The van der Waals surface area contributed by atoms with Crippen LogP contribution in [0.1, 0.15) is 0 Å². The molecule has 21 heavy (non-hydrogen) atoms. The van der Waals surface area contributed by atoms with Crippen molar-refractivity contribution in [3.8, 4) is 11.3 Å². The largest absolute Gasteiger partial charge is 0.456 e. The van der Waals surface area contributed by atoms with E-state index >= 15 is 0 Å². The zero-order valence-corrected chi connectivity index (χ0v) is 13.5. The van der Waals surface area contributed by atoms with Crippen LogP contribution in [0.3, 0.4) is 0 Å². The van der Waals surface area contributed by atoms with E-state index in [-0.39, 0.29) is 5.43 Å². The molecular formula is C18H18O2Si. The van der Waals surface area contributed by atoms with Crippen LogP contribution in [-0.4, -0.2) is 8.07 Å². The molecule has 2 aromatic carbocycles. The summed E-state index contributed by atoms with van der Waals surface area (Å²) in [5.41, 5.74) is 1.58. The predicted octanol–water partition coefficient (Wildman–Crippen LogP) is 4.01. The first-order valence-corrected chi connectivity index (χ1v) is 10.6. The van der Waals surface area contributed by atoms with Crippen LogP contribution in [0.15, 0.2) is 63.8 Å². The van der Waals surface area contributed by atoms with E-state index in [1.807, 2.05) is 30.3 Å². The van der Waals surface area contributed by atoms with Gasteiger partial charge in [-0.15, -0.1) is 0 Å². The van der Waals surface area contributed by atoms with Gasteiger partial charge in [-0.05, 0) is 12.1 Å². The highest BCUT2D eigenvalue weighted by Crippen LogP contribution is 2.21. The summed E-state index contributed by atoms with van der Waals surface area (Å²) in [6, 6.07) is 17.3. The van der Waals surface area contributed by atoms with Gasteiger partial charge in [0.05, 0.1) is 13.5 Å². The lowest BCUT2D eigenvalue weighted by atomic mass is 10.1. The molecule has 0 unspecified atom stereocenters. The molecule has 3 aromatic rings. The highest BCUT2D eigenvalue weighted by Gasteiger charge is 2.16. The molecule has 1 aromatic heterocycles. The van der Waals surface area contributed by atoms with Gasteiger partial charge in [-0.3, -0.25) is 4.79 Å². The molecule has 3 heteroatoms. The first kappa shape index (κ1) is 13.8. The van der Waals surface area contributed by atoms with Crippen molar-refractivity contribution in [2.45, 2.75) is 19.6 Å². The van der Waals surface area contributed by atoms with E-state index in [9.17, 15) is 4.79 Å². The summed E-state index contributed by atoms with van der Waals surface area (Å²) < 4.78 is 5.87. The maximum atomic E-state index is 12.1. The van der Waals surface area contributed by atoms with E-state index in [1.165, 1.54) is 5.19 Å². The molecule has 0 radical (unpaired) electrons. The SMILES string of the molecule is C[Si](C)(C)c1ccc(-c2cc(=O)c3ccccc3o2)cc1. The molecule has 0 bridgehead atoms. The van der Waals surface area contributed by atoms with Crippen LogP contribution in [0, 0.1) is 0 Å². The third-order valence-corrected chi connectivity index (χ3v) is 5.74. The summed E-state index contributed by atoms with van der Waals surface area (Å²) in [5, 5.41) is 2.02. The molecule has 3 rings (SSSR count). The second-order valence-electron chi connectivity index (χ2n) is 6.30. The van der Waals surface area contributed by atoms with Crippen molar-refractivity contribution < 1.29 is 4.42 Å². The lowest BCUT2D eigenvalue weighted by Gasteiger charge is -2.16. The number of hydrogen-bond acceptors (Lipinski definition) is 2. The van der Waals surface area contributed by atoms with Crippen molar-refractivity contribution in [2.75, 3.05) is 0 Å². The molecule has 0 saturated heterocycles. The van der Waals surface area contributed by atoms with Crippen molar-refractivity contribution >= 4 is 24.2 Å². The van der Waals surface area contributed by atoms with E-state index in [2.05, 4.69) is 31.8 Å². The predicted molar refractivity (Wildman–Crippen MR) is 90.9 cm³/mol. The fourth-order valence-corrected chi connectivity index (χ4v) is 3.55. The molecule has 0 atom stereocenters. The van der Waals surface area contributed by atoms with E-state index in [4.69, 9.17) is 4.42 Å². The highest BCUT2D eigenvalue weighted by atomic mass is 28.3. The topological polar surface area (TPSA) is 30.2 Å². The summed E-state index contributed by atoms with van der Waals surface area (Å²) in [4.78, 5) is 12.1. The maximum absolute atomic E-state index is 12.1. The van der Waals surface area contributed by atoms with Crippen molar-refractivity contribution in [3.05, 3.63) is 64.8 Å². The lowest BCUT2D eigenvalue weighted by Crippen LogP contribution is -2.37. The standard InChI is InChI=1S/C18H18O2Si/c1-21(2,3)14-10-8-13(9-11-14)18-12-16(19)15-6-4-5-7-17(15)20-18/h4-12H,1-3H3. The summed E-state index contributed by atoms with van der Waals surface area (Å²) >= 11 is 0. The summed E-state index contributed by atoms with van der Waals surface area (Å²) in [6.07, 6.45) is 0. The molecule has 0 amide bonds. The van der Waals surface area contributed by atoms with Crippen molar-refractivity contribution in [3.63, 3.8) is 0 Å². The van der Waals surface area contributed by atoms with Gasteiger partial charge in [-0.1, -0.05) is 61.2 Å². The Balaban J connectivity index is 2.10. The summed E-state index contributed by atoms with van der Waals surface area (Å²) in [7, 11) is -1.30. The lowest BCUT2D eigenvalue weighted by molar-refractivity contribution is 0.619. The van der Waals surface area contributed by atoms with Gasteiger partial charge in [-0.2, -0.15) is 0 Å². The Labute approximate surface area is 125 Å². The summed E-state index contributed by atoms with van der Waals surface area (Å²) in [6.45, 7) is 6.95. The second kappa shape index (κ2) is 5.01. The Morgan fingerprint density at radius 3 is 2.24 bits per heavy atom. The number of rotatable bonds is 2. The van der Waals surface area contributed by atoms with Gasteiger partial charge in [0.1, 0.15) is 11.3 Å². The molecule has 0 aliphatic rings. The average molecular weight is 294 g/mol. The van der Waals surface area contributed by atoms with Crippen LogP contribution in [0.2, 0.25) is 19.6 Å².